The summed E-state index contributed by atoms with van der Waals surface area (Å²) < 4.78 is 0. The number of carbonyl (C=O) groups excluding carboxylic acids is 1. The molecule has 0 aromatic rings. The summed E-state index contributed by atoms with van der Waals surface area (Å²) in [5.41, 5.74) is 0.432. The smallest absolute Gasteiger partial charge is 0.226 e. The number of rotatable bonds is 2. The van der Waals surface area contributed by atoms with Crippen LogP contribution in [0.5, 0.6) is 0 Å². The van der Waals surface area contributed by atoms with Crippen LogP contribution in [0.1, 0.15) is 32.1 Å². The van der Waals surface area contributed by atoms with Gasteiger partial charge < -0.3 is 10.0 Å². The second-order valence-electron chi connectivity index (χ2n) is 5.60. The standard InChI is InChI=1S/C12H19NO2/c14-8-9-6-13(7-9)11(15)10-2-1-3-12(10)4-5-12/h9-10,14H,1-8H2. The Balaban J connectivity index is 1.61. The van der Waals surface area contributed by atoms with Crippen molar-refractivity contribution in [1.29, 1.82) is 0 Å². The van der Waals surface area contributed by atoms with E-state index in [1.807, 2.05) is 4.90 Å². The van der Waals surface area contributed by atoms with E-state index in [-0.39, 0.29) is 6.61 Å². The van der Waals surface area contributed by atoms with Gasteiger partial charge in [-0.2, -0.15) is 0 Å². The van der Waals surface area contributed by atoms with Crippen molar-refractivity contribution < 1.29 is 9.90 Å². The molecule has 3 heteroatoms. The highest BCUT2D eigenvalue weighted by atomic mass is 16.3. The quantitative estimate of drug-likeness (QED) is 0.737. The van der Waals surface area contributed by atoms with Crippen LogP contribution in [0.2, 0.25) is 0 Å². The van der Waals surface area contributed by atoms with Crippen molar-refractivity contribution in [1.82, 2.24) is 4.90 Å². The molecular weight excluding hydrogens is 190 g/mol. The fraction of sp³-hybridized carbons (Fsp3) is 0.917. The van der Waals surface area contributed by atoms with Crippen LogP contribution in [0.25, 0.3) is 0 Å². The van der Waals surface area contributed by atoms with Crippen LogP contribution in [0.15, 0.2) is 0 Å². The van der Waals surface area contributed by atoms with E-state index in [9.17, 15) is 4.79 Å². The van der Waals surface area contributed by atoms with E-state index in [1.165, 1.54) is 25.7 Å². The van der Waals surface area contributed by atoms with Crippen LogP contribution in [0, 0.1) is 17.3 Å². The lowest BCUT2D eigenvalue weighted by Gasteiger charge is -2.40. The summed E-state index contributed by atoms with van der Waals surface area (Å²) in [5, 5.41) is 8.93. The monoisotopic (exact) mass is 209 g/mol. The number of aliphatic hydroxyl groups excluding tert-OH is 1. The van der Waals surface area contributed by atoms with E-state index in [2.05, 4.69) is 0 Å². The van der Waals surface area contributed by atoms with Crippen LogP contribution in [0.4, 0.5) is 0 Å². The Hall–Kier alpha value is -0.570. The summed E-state index contributed by atoms with van der Waals surface area (Å²) in [7, 11) is 0. The average molecular weight is 209 g/mol. The molecule has 0 bridgehead atoms. The molecule has 2 aliphatic carbocycles. The van der Waals surface area contributed by atoms with Gasteiger partial charge >= 0.3 is 0 Å². The van der Waals surface area contributed by atoms with Crippen molar-refractivity contribution in [2.75, 3.05) is 19.7 Å². The maximum atomic E-state index is 12.2. The minimum Gasteiger partial charge on any atom is -0.396 e. The Bertz CT molecular complexity index is 279. The lowest BCUT2D eigenvalue weighted by atomic mass is 9.89. The Morgan fingerprint density at radius 3 is 2.67 bits per heavy atom. The van der Waals surface area contributed by atoms with Crippen molar-refractivity contribution in [3.63, 3.8) is 0 Å². The molecule has 1 heterocycles. The number of carbonyl (C=O) groups is 1. The van der Waals surface area contributed by atoms with Crippen molar-refractivity contribution in [3.8, 4) is 0 Å². The largest absolute Gasteiger partial charge is 0.396 e. The summed E-state index contributed by atoms with van der Waals surface area (Å²) in [5.74, 6) is 1.07. The summed E-state index contributed by atoms with van der Waals surface area (Å²) in [6, 6.07) is 0. The van der Waals surface area contributed by atoms with Gasteiger partial charge in [0.05, 0.1) is 0 Å². The third-order valence-electron chi connectivity index (χ3n) is 4.62. The van der Waals surface area contributed by atoms with Crippen molar-refractivity contribution in [2.24, 2.45) is 17.3 Å². The zero-order chi connectivity index (χ0) is 10.5. The fourth-order valence-electron chi connectivity index (χ4n) is 3.37. The Morgan fingerprint density at radius 2 is 2.07 bits per heavy atom. The third-order valence-corrected chi connectivity index (χ3v) is 4.62. The van der Waals surface area contributed by atoms with Crippen LogP contribution in [-0.2, 0) is 4.79 Å². The van der Waals surface area contributed by atoms with Crippen molar-refractivity contribution in [3.05, 3.63) is 0 Å². The molecule has 3 fully saturated rings. The Morgan fingerprint density at radius 1 is 1.33 bits per heavy atom. The average Bonchev–Trinajstić information content (AvgIpc) is 2.76. The van der Waals surface area contributed by atoms with Crippen LogP contribution in [0.3, 0.4) is 0 Å². The van der Waals surface area contributed by atoms with Gasteiger partial charge in [-0.1, -0.05) is 6.42 Å². The molecule has 1 saturated heterocycles. The molecule has 3 nitrogen and oxygen atoms in total. The van der Waals surface area contributed by atoms with Gasteiger partial charge in [0.25, 0.3) is 0 Å². The summed E-state index contributed by atoms with van der Waals surface area (Å²) in [6.07, 6.45) is 6.19. The van der Waals surface area contributed by atoms with Gasteiger partial charge in [0, 0.05) is 31.5 Å². The number of hydrogen-bond donors (Lipinski definition) is 1. The third kappa shape index (κ3) is 1.40. The highest BCUT2D eigenvalue weighted by molar-refractivity contribution is 5.81. The van der Waals surface area contributed by atoms with Crippen LogP contribution in [-0.4, -0.2) is 35.6 Å². The molecule has 3 aliphatic rings. The molecule has 0 aromatic heterocycles. The minimum absolute atomic E-state index is 0.236. The normalized spacial score (nSPS) is 33.1. The zero-order valence-electron chi connectivity index (χ0n) is 9.11. The van der Waals surface area contributed by atoms with E-state index < -0.39 is 0 Å². The summed E-state index contributed by atoms with van der Waals surface area (Å²) >= 11 is 0. The van der Waals surface area contributed by atoms with Crippen molar-refractivity contribution >= 4 is 5.91 Å². The molecule has 0 radical (unpaired) electrons. The number of likely N-dealkylation sites (tertiary alicyclic amines) is 1. The second-order valence-corrected chi connectivity index (χ2v) is 5.60. The molecule has 0 aromatic carbocycles. The summed E-state index contributed by atoms with van der Waals surface area (Å²) in [6.45, 7) is 1.82. The first-order valence-corrected chi connectivity index (χ1v) is 6.15. The first-order valence-electron chi connectivity index (χ1n) is 6.15. The topological polar surface area (TPSA) is 40.5 Å². The number of amides is 1. The molecule has 3 rings (SSSR count). The fourth-order valence-corrected chi connectivity index (χ4v) is 3.37. The molecule has 1 spiro atoms. The van der Waals surface area contributed by atoms with Gasteiger partial charge in [-0.3, -0.25) is 4.79 Å². The zero-order valence-corrected chi connectivity index (χ0v) is 9.11. The maximum absolute atomic E-state index is 12.2. The molecule has 1 unspecified atom stereocenters. The van der Waals surface area contributed by atoms with Crippen LogP contribution < -0.4 is 0 Å². The van der Waals surface area contributed by atoms with E-state index in [4.69, 9.17) is 5.11 Å². The Kier molecular flexibility index (Phi) is 2.06. The van der Waals surface area contributed by atoms with Gasteiger partial charge in [0.15, 0.2) is 0 Å². The molecular formula is C12H19NO2. The van der Waals surface area contributed by atoms with E-state index in [0.29, 0.717) is 23.2 Å². The first kappa shape index (κ1) is 9.64. The van der Waals surface area contributed by atoms with E-state index in [0.717, 1.165) is 19.5 Å². The predicted octanol–water partition coefficient (Wildman–Crippen LogP) is 1.02. The molecule has 2 saturated carbocycles. The van der Waals surface area contributed by atoms with Crippen molar-refractivity contribution in [2.45, 2.75) is 32.1 Å². The predicted molar refractivity (Wildman–Crippen MR) is 56.2 cm³/mol. The maximum Gasteiger partial charge on any atom is 0.226 e. The molecule has 84 valence electrons. The number of nitrogens with zero attached hydrogens (tertiary/aromatic N) is 1. The van der Waals surface area contributed by atoms with E-state index >= 15 is 0 Å². The molecule has 1 N–H and O–H groups in total. The first-order chi connectivity index (χ1) is 7.25. The number of hydrogen-bond acceptors (Lipinski definition) is 2. The Labute approximate surface area is 90.5 Å². The van der Waals surface area contributed by atoms with Gasteiger partial charge in [-0.15, -0.1) is 0 Å². The number of aliphatic hydroxyl groups is 1. The molecule has 1 aliphatic heterocycles. The van der Waals surface area contributed by atoms with Gasteiger partial charge in [-0.05, 0) is 31.1 Å². The highest BCUT2D eigenvalue weighted by Gasteiger charge is 2.56. The van der Waals surface area contributed by atoms with Gasteiger partial charge in [-0.25, -0.2) is 0 Å². The van der Waals surface area contributed by atoms with Gasteiger partial charge in [0.2, 0.25) is 5.91 Å². The highest BCUT2D eigenvalue weighted by Crippen LogP contribution is 2.61. The summed E-state index contributed by atoms with van der Waals surface area (Å²) in [4.78, 5) is 14.1. The molecule has 1 amide bonds. The lowest BCUT2D eigenvalue weighted by molar-refractivity contribution is -0.144. The lowest BCUT2D eigenvalue weighted by Crippen LogP contribution is -2.53. The van der Waals surface area contributed by atoms with Crippen LogP contribution >= 0.6 is 0 Å². The molecule has 1 atom stereocenters. The van der Waals surface area contributed by atoms with Gasteiger partial charge in [0.1, 0.15) is 0 Å². The van der Waals surface area contributed by atoms with E-state index in [1.54, 1.807) is 0 Å². The minimum atomic E-state index is 0.236. The molecule has 15 heavy (non-hydrogen) atoms. The SMILES string of the molecule is O=C(C1CCCC12CC2)N1CC(CO)C1. The second kappa shape index (κ2) is 3.21.